The summed E-state index contributed by atoms with van der Waals surface area (Å²) in [7, 11) is 0. The van der Waals surface area contributed by atoms with Crippen LogP contribution >= 0.6 is 0 Å². The molecule has 4 atom stereocenters. The molecule has 1 saturated carbocycles. The third kappa shape index (κ3) is 6.15. The fourth-order valence-electron chi connectivity index (χ4n) is 7.32. The number of Topliss-reactive ketones (excluding diaryl/α,β-unsaturated/α-hetero) is 1. The van der Waals surface area contributed by atoms with E-state index >= 15 is 0 Å². The number of cyclic esters (lactones) is 1. The van der Waals surface area contributed by atoms with Crippen molar-refractivity contribution >= 4 is 29.8 Å². The SMILES string of the molecule is CC(=O)[C@H](CC(=O)N1CCN(C2CCCCC2)CC1)N1C(=O)[C@@H](N2C(=O)OC[C@@H]2c2ccccc2)[C@H]1/C=C/c1ccccc1. The lowest BCUT2D eigenvalue weighted by atomic mass is 9.86. The summed E-state index contributed by atoms with van der Waals surface area (Å²) in [5.74, 6) is -0.700. The summed E-state index contributed by atoms with van der Waals surface area (Å²) >= 11 is 0. The van der Waals surface area contributed by atoms with E-state index in [1.54, 1.807) is 0 Å². The van der Waals surface area contributed by atoms with Crippen molar-refractivity contribution < 1.29 is 23.9 Å². The van der Waals surface area contributed by atoms with Gasteiger partial charge in [0.05, 0.1) is 24.5 Å². The van der Waals surface area contributed by atoms with Crippen LogP contribution in [0.25, 0.3) is 6.08 Å². The van der Waals surface area contributed by atoms with Gasteiger partial charge in [0, 0.05) is 32.2 Å². The number of carbonyl (C=O) groups is 4. The minimum atomic E-state index is -0.915. The van der Waals surface area contributed by atoms with E-state index in [1.165, 1.54) is 48.8 Å². The number of β-lactam (4-membered cyclic amide) rings is 1. The number of ketones is 1. The lowest BCUT2D eigenvalue weighted by molar-refractivity contribution is -0.163. The van der Waals surface area contributed by atoms with Gasteiger partial charge in [0.1, 0.15) is 12.6 Å². The molecule has 0 N–H and O–H groups in total. The minimum Gasteiger partial charge on any atom is -0.447 e. The molecule has 9 heteroatoms. The highest BCUT2D eigenvalue weighted by atomic mass is 16.6. The van der Waals surface area contributed by atoms with Gasteiger partial charge in [-0.05, 0) is 30.9 Å². The molecular formula is C35H42N4O5. The summed E-state index contributed by atoms with van der Waals surface area (Å²) in [4.78, 5) is 61.1. The third-order valence-electron chi connectivity index (χ3n) is 9.76. The van der Waals surface area contributed by atoms with E-state index in [0.717, 1.165) is 24.2 Å². The van der Waals surface area contributed by atoms with Crippen molar-refractivity contribution in [1.82, 2.24) is 19.6 Å². The summed E-state index contributed by atoms with van der Waals surface area (Å²) < 4.78 is 5.45. The molecule has 0 aromatic heterocycles. The van der Waals surface area contributed by atoms with Gasteiger partial charge in [0.25, 0.3) is 0 Å². The van der Waals surface area contributed by atoms with Crippen LogP contribution in [0.4, 0.5) is 4.79 Å². The van der Waals surface area contributed by atoms with Crippen LogP contribution in [0.5, 0.6) is 0 Å². The van der Waals surface area contributed by atoms with Crippen LogP contribution in [0.2, 0.25) is 0 Å². The standard InChI is InChI=1S/C35H42N4O5/c1-25(40)30(23-32(41)37-21-19-36(20-22-37)28-15-9-4-10-16-28)38-29(18-17-26-11-5-2-6-12-26)33(34(38)42)39-31(24-44-35(39)43)27-13-7-3-8-14-27/h2-3,5-8,11-14,17-18,28-31,33H,4,9-10,15-16,19-24H2,1H3/b18-17+/t29-,30+,31-,33+/m1/s1. The lowest BCUT2D eigenvalue weighted by Gasteiger charge is -2.52. The largest absolute Gasteiger partial charge is 0.447 e. The molecule has 0 bridgehead atoms. The Balaban J connectivity index is 1.21. The van der Waals surface area contributed by atoms with Crippen molar-refractivity contribution in [2.75, 3.05) is 32.8 Å². The second-order valence-corrected chi connectivity index (χ2v) is 12.4. The fourth-order valence-corrected chi connectivity index (χ4v) is 7.32. The first-order valence-electron chi connectivity index (χ1n) is 16.0. The molecule has 1 aliphatic carbocycles. The van der Waals surface area contributed by atoms with Gasteiger partial charge in [0.15, 0.2) is 5.78 Å². The van der Waals surface area contributed by atoms with E-state index in [0.29, 0.717) is 19.1 Å². The molecule has 3 aliphatic heterocycles. The number of hydrogen-bond donors (Lipinski definition) is 0. The summed E-state index contributed by atoms with van der Waals surface area (Å²) in [6, 6.07) is 17.0. The molecule has 9 nitrogen and oxygen atoms in total. The number of amides is 3. The Morgan fingerprint density at radius 1 is 0.909 bits per heavy atom. The second-order valence-electron chi connectivity index (χ2n) is 12.4. The highest BCUT2D eigenvalue weighted by Crippen LogP contribution is 2.39. The Bertz CT molecular complexity index is 1370. The Morgan fingerprint density at radius 3 is 2.23 bits per heavy atom. The van der Waals surface area contributed by atoms with Gasteiger partial charge in [0.2, 0.25) is 11.8 Å². The number of piperazine rings is 1. The van der Waals surface area contributed by atoms with Crippen molar-refractivity contribution in [3.8, 4) is 0 Å². The first-order valence-corrected chi connectivity index (χ1v) is 16.0. The van der Waals surface area contributed by atoms with Crippen molar-refractivity contribution in [3.05, 3.63) is 77.9 Å². The second kappa shape index (κ2) is 13.3. The number of likely N-dealkylation sites (tertiary alicyclic amines) is 1. The van der Waals surface area contributed by atoms with Gasteiger partial charge < -0.3 is 14.5 Å². The van der Waals surface area contributed by atoms with Crippen LogP contribution in [0.1, 0.15) is 62.6 Å². The predicted molar refractivity (Wildman–Crippen MR) is 166 cm³/mol. The fraction of sp³-hybridized carbons (Fsp3) is 0.486. The molecule has 3 saturated heterocycles. The summed E-state index contributed by atoms with van der Waals surface area (Å²) in [6.45, 7) is 4.52. The summed E-state index contributed by atoms with van der Waals surface area (Å²) in [6.07, 6.45) is 9.47. The average Bonchev–Trinajstić information content (AvgIpc) is 3.43. The summed E-state index contributed by atoms with van der Waals surface area (Å²) in [5.41, 5.74) is 1.81. The maximum atomic E-state index is 14.0. The van der Waals surface area contributed by atoms with E-state index in [1.807, 2.05) is 77.7 Å². The topological polar surface area (TPSA) is 90.5 Å². The number of ether oxygens (including phenoxy) is 1. The number of rotatable bonds is 9. The van der Waals surface area contributed by atoms with E-state index in [9.17, 15) is 19.2 Å². The molecule has 0 radical (unpaired) electrons. The van der Waals surface area contributed by atoms with E-state index in [2.05, 4.69) is 4.90 Å². The zero-order chi connectivity index (χ0) is 30.6. The molecule has 4 aliphatic rings. The zero-order valence-electron chi connectivity index (χ0n) is 25.4. The van der Waals surface area contributed by atoms with E-state index < -0.39 is 30.3 Å². The van der Waals surface area contributed by atoms with E-state index in [4.69, 9.17) is 4.74 Å². The molecule has 4 fully saturated rings. The molecule has 232 valence electrons. The van der Waals surface area contributed by atoms with Crippen molar-refractivity contribution in [3.63, 3.8) is 0 Å². The highest BCUT2D eigenvalue weighted by molar-refractivity contribution is 5.99. The lowest BCUT2D eigenvalue weighted by Crippen LogP contribution is -2.73. The average molecular weight is 599 g/mol. The van der Waals surface area contributed by atoms with Gasteiger partial charge in [-0.25, -0.2) is 4.79 Å². The first-order chi connectivity index (χ1) is 21.4. The van der Waals surface area contributed by atoms with Crippen molar-refractivity contribution in [2.24, 2.45) is 0 Å². The maximum absolute atomic E-state index is 14.0. The molecule has 2 aromatic carbocycles. The number of carbonyl (C=O) groups excluding carboxylic acids is 4. The molecule has 6 rings (SSSR count). The van der Waals surface area contributed by atoms with Gasteiger partial charge in [-0.3, -0.25) is 24.2 Å². The van der Waals surface area contributed by atoms with Crippen LogP contribution in [0.3, 0.4) is 0 Å². The molecule has 3 heterocycles. The van der Waals surface area contributed by atoms with Gasteiger partial charge in [-0.2, -0.15) is 0 Å². The Kier molecular flexibility index (Phi) is 9.12. The molecule has 2 aromatic rings. The van der Waals surface area contributed by atoms with Gasteiger partial charge in [-0.15, -0.1) is 0 Å². The van der Waals surface area contributed by atoms with Crippen LogP contribution in [-0.2, 0) is 19.1 Å². The number of hydrogen-bond acceptors (Lipinski definition) is 6. The zero-order valence-corrected chi connectivity index (χ0v) is 25.4. The van der Waals surface area contributed by atoms with Crippen molar-refractivity contribution in [1.29, 1.82) is 0 Å². The predicted octanol–water partition coefficient (Wildman–Crippen LogP) is 4.30. The molecule has 0 unspecified atom stereocenters. The Labute approximate surface area is 259 Å². The smallest absolute Gasteiger partial charge is 0.411 e. The summed E-state index contributed by atoms with van der Waals surface area (Å²) in [5, 5.41) is 0. The van der Waals surface area contributed by atoms with Crippen molar-refractivity contribution in [2.45, 2.75) is 75.7 Å². The molecule has 3 amide bonds. The van der Waals surface area contributed by atoms with Crippen LogP contribution in [-0.4, -0.2) is 100 Å². The number of nitrogens with zero attached hydrogens (tertiary/aromatic N) is 4. The maximum Gasteiger partial charge on any atom is 0.411 e. The normalized spacial score (nSPS) is 25.7. The molecule has 0 spiro atoms. The van der Waals surface area contributed by atoms with Crippen LogP contribution in [0.15, 0.2) is 66.7 Å². The van der Waals surface area contributed by atoms with E-state index in [-0.39, 0.29) is 30.6 Å². The van der Waals surface area contributed by atoms with Gasteiger partial charge in [-0.1, -0.05) is 92.1 Å². The molecular weight excluding hydrogens is 556 g/mol. The van der Waals surface area contributed by atoms with Crippen LogP contribution in [0, 0.1) is 0 Å². The monoisotopic (exact) mass is 598 g/mol. The highest BCUT2D eigenvalue weighted by Gasteiger charge is 2.57. The van der Waals surface area contributed by atoms with Crippen LogP contribution < -0.4 is 0 Å². The van der Waals surface area contributed by atoms with Gasteiger partial charge >= 0.3 is 6.09 Å². The first kappa shape index (κ1) is 30.1. The number of benzene rings is 2. The third-order valence-corrected chi connectivity index (χ3v) is 9.76. The Hall–Kier alpha value is -3.98. The quantitative estimate of drug-likeness (QED) is 0.400. The minimum absolute atomic E-state index is 0.0700. The Morgan fingerprint density at radius 2 is 1.57 bits per heavy atom. The molecule has 44 heavy (non-hydrogen) atoms.